The summed E-state index contributed by atoms with van der Waals surface area (Å²) in [6.45, 7) is -0.298. The van der Waals surface area contributed by atoms with Crippen LogP contribution >= 0.6 is 0 Å². The van der Waals surface area contributed by atoms with Crippen molar-refractivity contribution in [2.45, 2.75) is 30.0 Å². The number of alkyl halides is 5. The predicted molar refractivity (Wildman–Crippen MR) is 130 cm³/mol. The number of benzene rings is 1. The highest BCUT2D eigenvalue weighted by molar-refractivity contribution is 7.85. The van der Waals surface area contributed by atoms with Crippen LogP contribution in [0.3, 0.4) is 0 Å². The first-order chi connectivity index (χ1) is 17.9. The van der Waals surface area contributed by atoms with Gasteiger partial charge in [-0.25, -0.2) is 13.8 Å². The number of nitrogens with two attached hydrogens (primary N) is 1. The highest BCUT2D eigenvalue weighted by atomic mass is 32.2. The molecular weight excluding hydrogens is 529 g/mol. The SMILES string of the molecule is Nc1ccc2ncc(CN(C(=O)c3cncc(C(F)(F)F)c3)c3cccc4c3S(=O)CCC4(F)F)cc2n1. The highest BCUT2D eigenvalue weighted by Crippen LogP contribution is 2.44. The zero-order valence-corrected chi connectivity index (χ0v) is 20.2. The van der Waals surface area contributed by atoms with Crippen molar-refractivity contribution in [3.05, 3.63) is 83.3 Å². The third-order valence-corrected chi connectivity index (χ3v) is 7.48. The summed E-state index contributed by atoms with van der Waals surface area (Å²) in [7, 11) is -1.88. The molecule has 0 saturated heterocycles. The Morgan fingerprint density at radius 1 is 1.08 bits per heavy atom. The number of halogens is 5. The number of nitrogen functional groups attached to an aromatic ring is 1. The van der Waals surface area contributed by atoms with Crippen molar-refractivity contribution in [3.8, 4) is 0 Å². The van der Waals surface area contributed by atoms with Crippen LogP contribution in [-0.4, -0.2) is 30.8 Å². The molecule has 1 unspecified atom stereocenters. The molecule has 0 aliphatic carbocycles. The molecule has 1 atom stereocenters. The molecule has 4 aromatic rings. The standard InChI is InChI=1S/C25H18F5N5O2S/c26-24(27)6-7-38(37)22-17(24)2-1-3-20(22)35(23(36)15-9-16(12-32-11-15)25(28,29)30)13-14-8-19-18(33-10-14)4-5-21(31)34-19/h1-5,8-12H,6-7,13H2,(H2,31,34). The topological polar surface area (TPSA) is 102 Å². The molecule has 1 aliphatic heterocycles. The van der Waals surface area contributed by atoms with Crippen molar-refractivity contribution in [3.63, 3.8) is 0 Å². The van der Waals surface area contributed by atoms with Gasteiger partial charge in [-0.1, -0.05) is 12.1 Å². The van der Waals surface area contributed by atoms with Gasteiger partial charge in [0.2, 0.25) is 0 Å². The van der Waals surface area contributed by atoms with Gasteiger partial charge in [0.1, 0.15) is 5.82 Å². The third kappa shape index (κ3) is 4.80. The summed E-state index contributed by atoms with van der Waals surface area (Å²) in [4.78, 5) is 26.5. The minimum atomic E-state index is -4.77. The van der Waals surface area contributed by atoms with Crippen molar-refractivity contribution < 1.29 is 31.0 Å². The van der Waals surface area contributed by atoms with Crippen LogP contribution in [0.25, 0.3) is 11.0 Å². The maximum absolute atomic E-state index is 14.8. The van der Waals surface area contributed by atoms with Crippen LogP contribution < -0.4 is 10.6 Å². The lowest BCUT2D eigenvalue weighted by atomic mass is 10.0. The Hall–Kier alpha value is -4.00. The van der Waals surface area contributed by atoms with Gasteiger partial charge in [0, 0.05) is 36.3 Å². The summed E-state index contributed by atoms with van der Waals surface area (Å²) >= 11 is 0. The van der Waals surface area contributed by atoms with Gasteiger partial charge < -0.3 is 10.6 Å². The summed E-state index contributed by atoms with van der Waals surface area (Å²) in [6.07, 6.45) is -2.45. The second kappa shape index (κ2) is 9.39. The van der Waals surface area contributed by atoms with E-state index < -0.39 is 51.9 Å². The number of hydrogen-bond donors (Lipinski definition) is 1. The largest absolute Gasteiger partial charge is 0.417 e. The summed E-state index contributed by atoms with van der Waals surface area (Å²) in [5.41, 5.74) is 4.84. The number of fused-ring (bicyclic) bond motifs is 2. The lowest BCUT2D eigenvalue weighted by molar-refractivity contribution is -0.137. The van der Waals surface area contributed by atoms with Gasteiger partial charge in [-0.3, -0.25) is 19.0 Å². The molecule has 0 saturated carbocycles. The zero-order valence-electron chi connectivity index (χ0n) is 19.4. The van der Waals surface area contributed by atoms with Gasteiger partial charge >= 0.3 is 6.18 Å². The van der Waals surface area contributed by atoms with Gasteiger partial charge in [-0.15, -0.1) is 0 Å². The molecule has 0 radical (unpaired) electrons. The fourth-order valence-electron chi connectivity index (χ4n) is 4.19. The fourth-order valence-corrected chi connectivity index (χ4v) is 5.71. The van der Waals surface area contributed by atoms with E-state index in [1.807, 2.05) is 0 Å². The van der Waals surface area contributed by atoms with Gasteiger partial charge in [0.05, 0.1) is 50.1 Å². The first kappa shape index (κ1) is 25.6. The Morgan fingerprint density at radius 2 is 1.87 bits per heavy atom. The normalized spacial score (nSPS) is 16.7. The number of hydrogen-bond acceptors (Lipinski definition) is 6. The van der Waals surface area contributed by atoms with Crippen LogP contribution in [0.1, 0.15) is 33.5 Å². The lowest BCUT2D eigenvalue weighted by Gasteiger charge is -2.31. The molecule has 2 N–H and O–H groups in total. The molecule has 5 rings (SSSR count). The smallest absolute Gasteiger partial charge is 0.384 e. The van der Waals surface area contributed by atoms with E-state index in [9.17, 15) is 31.0 Å². The van der Waals surface area contributed by atoms with Crippen LogP contribution in [0.5, 0.6) is 0 Å². The Labute approximate surface area is 215 Å². The monoisotopic (exact) mass is 547 g/mol. The molecule has 38 heavy (non-hydrogen) atoms. The number of carbonyl (C=O) groups excluding carboxylic acids is 1. The molecule has 1 aliphatic rings. The van der Waals surface area contributed by atoms with E-state index in [4.69, 9.17) is 5.73 Å². The fraction of sp³-hybridized carbons (Fsp3) is 0.200. The van der Waals surface area contributed by atoms with E-state index in [1.54, 1.807) is 18.2 Å². The van der Waals surface area contributed by atoms with E-state index in [0.717, 1.165) is 17.2 Å². The molecule has 0 bridgehead atoms. The zero-order chi connectivity index (χ0) is 27.2. The second-order valence-corrected chi connectivity index (χ2v) is 10.1. The average molecular weight is 548 g/mol. The highest BCUT2D eigenvalue weighted by Gasteiger charge is 2.42. The maximum atomic E-state index is 14.8. The van der Waals surface area contributed by atoms with Crippen LogP contribution in [-0.2, 0) is 29.4 Å². The number of rotatable bonds is 4. The predicted octanol–water partition coefficient (Wildman–Crippen LogP) is 5.08. The summed E-state index contributed by atoms with van der Waals surface area (Å²) in [5.74, 6) is -4.37. The maximum Gasteiger partial charge on any atom is 0.417 e. The molecular formula is C25H18F5N5O2S. The van der Waals surface area contributed by atoms with E-state index in [-0.39, 0.29) is 28.7 Å². The molecule has 196 valence electrons. The minimum Gasteiger partial charge on any atom is -0.384 e. The number of carbonyl (C=O) groups is 1. The molecule has 7 nitrogen and oxygen atoms in total. The van der Waals surface area contributed by atoms with Crippen molar-refractivity contribution in [1.82, 2.24) is 15.0 Å². The molecule has 0 fully saturated rings. The van der Waals surface area contributed by atoms with E-state index in [0.29, 0.717) is 28.9 Å². The van der Waals surface area contributed by atoms with Crippen LogP contribution in [0.2, 0.25) is 0 Å². The number of amides is 1. The number of anilines is 2. The van der Waals surface area contributed by atoms with Gasteiger partial charge in [0.15, 0.2) is 0 Å². The average Bonchev–Trinajstić information content (AvgIpc) is 2.88. The van der Waals surface area contributed by atoms with Gasteiger partial charge in [-0.2, -0.15) is 13.2 Å². The van der Waals surface area contributed by atoms with Gasteiger partial charge in [0.25, 0.3) is 11.8 Å². The molecule has 0 spiro atoms. The number of nitrogens with zero attached hydrogens (tertiary/aromatic N) is 4. The van der Waals surface area contributed by atoms with Crippen LogP contribution in [0, 0.1) is 0 Å². The Bertz CT molecular complexity index is 1590. The van der Waals surface area contributed by atoms with Crippen molar-refractivity contribution in [2.75, 3.05) is 16.4 Å². The minimum absolute atomic E-state index is 0.108. The van der Waals surface area contributed by atoms with Crippen molar-refractivity contribution >= 4 is 39.2 Å². The number of aromatic nitrogens is 3. The van der Waals surface area contributed by atoms with Gasteiger partial charge in [-0.05, 0) is 35.9 Å². The molecule has 1 aromatic carbocycles. The molecule has 4 heterocycles. The van der Waals surface area contributed by atoms with Crippen molar-refractivity contribution in [1.29, 1.82) is 0 Å². The Morgan fingerprint density at radius 3 is 2.63 bits per heavy atom. The van der Waals surface area contributed by atoms with Crippen LogP contribution in [0.4, 0.5) is 33.5 Å². The molecule has 3 aromatic heterocycles. The first-order valence-corrected chi connectivity index (χ1v) is 12.5. The summed E-state index contributed by atoms with van der Waals surface area (Å²) in [6, 6.07) is 9.15. The van der Waals surface area contributed by atoms with E-state index >= 15 is 0 Å². The van der Waals surface area contributed by atoms with E-state index in [2.05, 4.69) is 15.0 Å². The third-order valence-electron chi connectivity index (χ3n) is 6.02. The Balaban J connectivity index is 1.66. The Kier molecular flexibility index (Phi) is 6.33. The quantitative estimate of drug-likeness (QED) is 0.358. The molecule has 1 amide bonds. The second-order valence-electron chi connectivity index (χ2n) is 8.63. The lowest BCUT2D eigenvalue weighted by Crippen LogP contribution is -2.34. The van der Waals surface area contributed by atoms with Crippen molar-refractivity contribution in [2.24, 2.45) is 0 Å². The number of pyridine rings is 3. The summed E-state index contributed by atoms with van der Waals surface area (Å²) < 4.78 is 82.5. The summed E-state index contributed by atoms with van der Waals surface area (Å²) in [5, 5.41) is 0. The van der Waals surface area contributed by atoms with E-state index in [1.165, 1.54) is 18.3 Å². The first-order valence-electron chi connectivity index (χ1n) is 11.2. The van der Waals surface area contributed by atoms with Crippen LogP contribution in [0.15, 0.2) is 66.0 Å². The molecule has 13 heteroatoms.